The average molecular weight is 328 g/mol. The number of aromatic amines is 1. The van der Waals surface area contributed by atoms with E-state index >= 15 is 0 Å². The molecule has 0 bridgehead atoms. The molecule has 0 aliphatic heterocycles. The van der Waals surface area contributed by atoms with Crippen molar-refractivity contribution in [3.63, 3.8) is 0 Å². The molecule has 0 saturated carbocycles. The number of ether oxygens (including phenoxy) is 1. The Balaban J connectivity index is 2.80. The third kappa shape index (κ3) is 5.56. The minimum Gasteiger partial charge on any atom is -0.469 e. The smallest absolute Gasteiger partial charge is 0.321 e. The third-order valence-electron chi connectivity index (χ3n) is 2.45. The highest BCUT2D eigenvalue weighted by molar-refractivity contribution is 8.00. The van der Waals surface area contributed by atoms with Gasteiger partial charge in [-0.1, -0.05) is 11.8 Å². The van der Waals surface area contributed by atoms with Gasteiger partial charge in [0.05, 0.1) is 24.5 Å². The molecule has 0 aliphatic rings. The second kappa shape index (κ2) is 8.17. The van der Waals surface area contributed by atoms with Crippen LogP contribution in [0.3, 0.4) is 0 Å². The molecule has 10 heteroatoms. The number of nitrogens with zero attached hydrogens (tertiary/aromatic N) is 1. The van der Waals surface area contributed by atoms with E-state index in [0.29, 0.717) is 0 Å². The summed E-state index contributed by atoms with van der Waals surface area (Å²) in [5.74, 6) is -1.06. The lowest BCUT2D eigenvalue weighted by Gasteiger charge is -2.10. The molecule has 3 N–H and O–H groups in total. The number of methoxy groups -OCH3 is 1. The van der Waals surface area contributed by atoms with Crippen molar-refractivity contribution in [2.45, 2.75) is 23.8 Å². The number of amides is 3. The molecule has 120 valence electrons. The van der Waals surface area contributed by atoms with Crippen LogP contribution >= 0.6 is 11.8 Å². The van der Waals surface area contributed by atoms with Crippen molar-refractivity contribution >= 4 is 29.7 Å². The predicted molar refractivity (Wildman–Crippen MR) is 78.5 cm³/mol. The van der Waals surface area contributed by atoms with E-state index < -0.39 is 28.7 Å². The fourth-order valence-electron chi connectivity index (χ4n) is 1.35. The molecule has 22 heavy (non-hydrogen) atoms. The molecule has 1 aromatic rings. The van der Waals surface area contributed by atoms with Crippen LogP contribution in [0.1, 0.15) is 12.6 Å². The zero-order chi connectivity index (χ0) is 16.7. The molecule has 0 saturated heterocycles. The topological polar surface area (TPSA) is 130 Å². The van der Waals surface area contributed by atoms with E-state index in [-0.39, 0.29) is 17.3 Å². The maximum Gasteiger partial charge on any atom is 0.321 e. The van der Waals surface area contributed by atoms with Crippen LogP contribution in [-0.2, 0) is 20.7 Å². The van der Waals surface area contributed by atoms with E-state index in [1.54, 1.807) is 6.92 Å². The van der Waals surface area contributed by atoms with Gasteiger partial charge >= 0.3 is 12.0 Å². The number of nitrogens with one attached hydrogen (secondary N) is 3. The van der Waals surface area contributed by atoms with E-state index in [4.69, 9.17) is 0 Å². The highest BCUT2D eigenvalue weighted by Crippen LogP contribution is 2.18. The molecule has 3 amide bonds. The largest absolute Gasteiger partial charge is 0.469 e. The van der Waals surface area contributed by atoms with Crippen molar-refractivity contribution in [1.29, 1.82) is 0 Å². The number of hydrogen-bond donors (Lipinski definition) is 3. The van der Waals surface area contributed by atoms with Gasteiger partial charge in [0.15, 0.2) is 5.16 Å². The van der Waals surface area contributed by atoms with Gasteiger partial charge in [0.25, 0.3) is 5.56 Å². The number of H-pyrrole nitrogens is 1. The number of thioether (sulfide) groups is 1. The second-order valence-corrected chi connectivity index (χ2v) is 5.45. The summed E-state index contributed by atoms with van der Waals surface area (Å²) in [6.07, 6.45) is -0.146. The Labute approximate surface area is 130 Å². The van der Waals surface area contributed by atoms with Gasteiger partial charge in [-0.3, -0.25) is 19.7 Å². The predicted octanol–water partition coefficient (Wildman–Crippen LogP) is -0.578. The third-order valence-corrected chi connectivity index (χ3v) is 3.43. The highest BCUT2D eigenvalue weighted by atomic mass is 32.2. The molecule has 0 unspecified atom stereocenters. The van der Waals surface area contributed by atoms with Crippen molar-refractivity contribution in [1.82, 2.24) is 20.6 Å². The number of aromatic nitrogens is 2. The van der Waals surface area contributed by atoms with Gasteiger partial charge < -0.3 is 15.0 Å². The summed E-state index contributed by atoms with van der Waals surface area (Å²) in [6.45, 7) is 1.55. The molecular weight excluding hydrogens is 312 g/mol. The van der Waals surface area contributed by atoms with E-state index in [1.165, 1.54) is 20.2 Å². The Hall–Kier alpha value is -2.36. The Morgan fingerprint density at radius 1 is 1.45 bits per heavy atom. The lowest BCUT2D eigenvalue weighted by molar-refractivity contribution is -0.139. The summed E-state index contributed by atoms with van der Waals surface area (Å²) in [7, 11) is 2.62. The zero-order valence-electron chi connectivity index (χ0n) is 12.3. The minimum absolute atomic E-state index is 0.146. The van der Waals surface area contributed by atoms with Crippen LogP contribution in [0, 0.1) is 0 Å². The second-order valence-electron chi connectivity index (χ2n) is 4.12. The summed E-state index contributed by atoms with van der Waals surface area (Å²) >= 11 is 0.956. The Bertz CT molecular complexity index is 630. The van der Waals surface area contributed by atoms with Crippen molar-refractivity contribution in [3.05, 3.63) is 22.1 Å². The van der Waals surface area contributed by atoms with Crippen LogP contribution < -0.4 is 16.2 Å². The van der Waals surface area contributed by atoms with Crippen molar-refractivity contribution in [2.24, 2.45) is 0 Å². The molecule has 0 radical (unpaired) electrons. The van der Waals surface area contributed by atoms with Crippen LogP contribution in [-0.4, -0.2) is 47.3 Å². The molecule has 1 atom stereocenters. The molecule has 1 rings (SSSR count). The molecule has 9 nitrogen and oxygen atoms in total. The summed E-state index contributed by atoms with van der Waals surface area (Å²) < 4.78 is 4.50. The highest BCUT2D eigenvalue weighted by Gasteiger charge is 2.18. The van der Waals surface area contributed by atoms with Crippen molar-refractivity contribution in [2.75, 3.05) is 14.2 Å². The lowest BCUT2D eigenvalue weighted by atomic mass is 10.3. The number of hydrogen-bond acceptors (Lipinski definition) is 7. The molecule has 0 aliphatic carbocycles. The molecule has 0 spiro atoms. The van der Waals surface area contributed by atoms with Gasteiger partial charge in [-0.2, -0.15) is 0 Å². The molecule has 1 aromatic heterocycles. The van der Waals surface area contributed by atoms with Gasteiger partial charge in [-0.15, -0.1) is 0 Å². The molecule has 1 heterocycles. The number of rotatable bonds is 5. The summed E-state index contributed by atoms with van der Waals surface area (Å²) in [6, 6.07) is 0.550. The van der Waals surface area contributed by atoms with E-state index in [9.17, 15) is 19.2 Å². The quantitative estimate of drug-likeness (QED) is 0.374. The van der Waals surface area contributed by atoms with Gasteiger partial charge in [-0.05, 0) is 6.92 Å². The van der Waals surface area contributed by atoms with E-state index in [2.05, 4.69) is 25.3 Å². The van der Waals surface area contributed by atoms with E-state index in [1.807, 2.05) is 0 Å². The van der Waals surface area contributed by atoms with Gasteiger partial charge in [0.2, 0.25) is 5.91 Å². The summed E-state index contributed by atoms with van der Waals surface area (Å²) in [5.41, 5.74) is -0.215. The van der Waals surface area contributed by atoms with Gasteiger partial charge in [0, 0.05) is 13.1 Å². The number of carbonyl (C=O) groups is 3. The lowest BCUT2D eigenvalue weighted by Crippen LogP contribution is -2.41. The maximum atomic E-state index is 11.7. The van der Waals surface area contributed by atoms with E-state index in [0.717, 1.165) is 11.8 Å². The molecular formula is C12H16N4O5S. The summed E-state index contributed by atoms with van der Waals surface area (Å²) in [4.78, 5) is 52.0. The SMILES string of the molecule is CNC(=O)NC(=O)[C@H](C)Sc1nc(CC(=O)OC)cc(=O)[nH]1. The van der Waals surface area contributed by atoms with Gasteiger partial charge in [0.1, 0.15) is 0 Å². The average Bonchev–Trinajstić information content (AvgIpc) is 2.46. The molecule has 0 fully saturated rings. The Morgan fingerprint density at radius 3 is 2.73 bits per heavy atom. The van der Waals surface area contributed by atoms with Crippen LogP contribution in [0.15, 0.2) is 16.0 Å². The Morgan fingerprint density at radius 2 is 2.14 bits per heavy atom. The normalized spacial score (nSPS) is 11.4. The number of carbonyl (C=O) groups excluding carboxylic acids is 3. The van der Waals surface area contributed by atoms with Gasteiger partial charge in [-0.25, -0.2) is 9.78 Å². The van der Waals surface area contributed by atoms with Crippen LogP contribution in [0.2, 0.25) is 0 Å². The minimum atomic E-state index is -0.672. The van der Waals surface area contributed by atoms with Crippen molar-refractivity contribution < 1.29 is 19.1 Å². The first kappa shape index (κ1) is 17.7. The Kier molecular flexibility index (Phi) is 6.57. The fourth-order valence-corrected chi connectivity index (χ4v) is 2.18. The van der Waals surface area contributed by atoms with Crippen LogP contribution in [0.4, 0.5) is 4.79 Å². The fraction of sp³-hybridized carbons (Fsp3) is 0.417. The zero-order valence-corrected chi connectivity index (χ0v) is 13.1. The number of esters is 1. The number of urea groups is 1. The standard InChI is InChI=1S/C12H16N4O5S/c1-6(10(19)16-11(20)13-2)22-12-14-7(4-8(17)15-12)5-9(18)21-3/h4,6H,5H2,1-3H3,(H,14,15,17)(H2,13,16,19,20)/t6-/m0/s1. The van der Waals surface area contributed by atoms with Crippen molar-refractivity contribution in [3.8, 4) is 0 Å². The first-order valence-electron chi connectivity index (χ1n) is 6.22. The first-order valence-corrected chi connectivity index (χ1v) is 7.10. The first-order chi connectivity index (χ1) is 10.3. The number of imide groups is 1. The van der Waals surface area contributed by atoms with Crippen LogP contribution in [0.25, 0.3) is 0 Å². The van der Waals surface area contributed by atoms with Crippen LogP contribution in [0.5, 0.6) is 0 Å². The maximum absolute atomic E-state index is 11.7. The monoisotopic (exact) mass is 328 g/mol. The molecule has 0 aromatic carbocycles. The summed E-state index contributed by atoms with van der Waals surface area (Å²) in [5, 5.41) is 3.87.